The zero-order chi connectivity index (χ0) is 13.1. The predicted molar refractivity (Wildman–Crippen MR) is 70.2 cm³/mol. The molecule has 2 unspecified atom stereocenters. The van der Waals surface area contributed by atoms with Crippen molar-refractivity contribution < 1.29 is 19.4 Å². The largest absolute Gasteiger partial charge is 0.489 e. The van der Waals surface area contributed by atoms with E-state index in [1.807, 2.05) is 6.07 Å². The molecule has 1 heterocycles. The van der Waals surface area contributed by atoms with Crippen molar-refractivity contribution in [1.82, 2.24) is 0 Å². The fraction of sp³-hybridized carbons (Fsp3) is 0.417. The van der Waals surface area contributed by atoms with Gasteiger partial charge in [-0.1, -0.05) is 27.5 Å². The van der Waals surface area contributed by atoms with Crippen molar-refractivity contribution in [3.05, 3.63) is 27.7 Å². The summed E-state index contributed by atoms with van der Waals surface area (Å²) >= 11 is 9.31. The van der Waals surface area contributed by atoms with Gasteiger partial charge in [0.05, 0.1) is 11.1 Å². The Balaban J connectivity index is 1.87. The van der Waals surface area contributed by atoms with Gasteiger partial charge < -0.3 is 14.6 Å². The molecule has 0 spiro atoms. The van der Waals surface area contributed by atoms with E-state index in [-0.39, 0.29) is 6.10 Å². The van der Waals surface area contributed by atoms with Crippen LogP contribution in [0.4, 0.5) is 0 Å². The number of hydrogen-bond acceptors (Lipinski definition) is 3. The fourth-order valence-electron chi connectivity index (χ4n) is 1.78. The Morgan fingerprint density at radius 3 is 2.94 bits per heavy atom. The molecule has 98 valence electrons. The van der Waals surface area contributed by atoms with E-state index in [0.29, 0.717) is 30.2 Å². The van der Waals surface area contributed by atoms with Crippen LogP contribution in [-0.2, 0) is 9.53 Å². The minimum Gasteiger partial charge on any atom is -0.489 e. The Morgan fingerprint density at radius 2 is 2.33 bits per heavy atom. The number of halogens is 2. The van der Waals surface area contributed by atoms with Crippen LogP contribution in [0.25, 0.3) is 0 Å². The standard InChI is InChI=1S/C12H12BrClO4/c13-7-1-3-10(9(14)5-7)17-6-8-2-4-11(18-8)12(15)16/h1,3,5,8,11H,2,4,6H2,(H,15,16). The molecule has 0 bridgehead atoms. The zero-order valence-electron chi connectivity index (χ0n) is 9.44. The third-order valence-corrected chi connectivity index (χ3v) is 3.49. The Kier molecular flexibility index (Phi) is 4.48. The van der Waals surface area contributed by atoms with Crippen LogP contribution in [0.5, 0.6) is 5.75 Å². The summed E-state index contributed by atoms with van der Waals surface area (Å²) in [4.78, 5) is 10.7. The molecule has 2 atom stereocenters. The highest BCUT2D eigenvalue weighted by Gasteiger charge is 2.30. The van der Waals surface area contributed by atoms with E-state index in [9.17, 15) is 4.79 Å². The lowest BCUT2D eigenvalue weighted by Crippen LogP contribution is -2.23. The first-order chi connectivity index (χ1) is 8.56. The van der Waals surface area contributed by atoms with Crippen molar-refractivity contribution >= 4 is 33.5 Å². The molecule has 1 saturated heterocycles. The maximum atomic E-state index is 10.7. The van der Waals surface area contributed by atoms with E-state index >= 15 is 0 Å². The average molecular weight is 336 g/mol. The quantitative estimate of drug-likeness (QED) is 0.918. The molecule has 1 aliphatic heterocycles. The van der Waals surface area contributed by atoms with Crippen molar-refractivity contribution in [3.63, 3.8) is 0 Å². The summed E-state index contributed by atoms with van der Waals surface area (Å²) < 4.78 is 11.7. The highest BCUT2D eigenvalue weighted by Crippen LogP contribution is 2.29. The highest BCUT2D eigenvalue weighted by atomic mass is 79.9. The monoisotopic (exact) mass is 334 g/mol. The number of hydrogen-bond donors (Lipinski definition) is 1. The van der Waals surface area contributed by atoms with Crippen LogP contribution >= 0.6 is 27.5 Å². The van der Waals surface area contributed by atoms with Crippen molar-refractivity contribution in [2.24, 2.45) is 0 Å². The van der Waals surface area contributed by atoms with Gasteiger partial charge in [-0.2, -0.15) is 0 Å². The smallest absolute Gasteiger partial charge is 0.332 e. The Labute approximate surface area is 118 Å². The van der Waals surface area contributed by atoms with Crippen LogP contribution in [0.2, 0.25) is 5.02 Å². The van der Waals surface area contributed by atoms with Gasteiger partial charge in [0.25, 0.3) is 0 Å². The van der Waals surface area contributed by atoms with Gasteiger partial charge in [0.2, 0.25) is 0 Å². The molecule has 4 nitrogen and oxygen atoms in total. The molecule has 0 aromatic heterocycles. The van der Waals surface area contributed by atoms with Gasteiger partial charge in [-0.15, -0.1) is 0 Å². The third-order valence-electron chi connectivity index (χ3n) is 2.70. The normalized spacial score (nSPS) is 23.0. The van der Waals surface area contributed by atoms with Crippen LogP contribution < -0.4 is 4.74 Å². The van der Waals surface area contributed by atoms with Crippen LogP contribution in [0.1, 0.15) is 12.8 Å². The van der Waals surface area contributed by atoms with Gasteiger partial charge >= 0.3 is 5.97 Å². The fourth-order valence-corrected chi connectivity index (χ4v) is 2.51. The van der Waals surface area contributed by atoms with E-state index in [1.54, 1.807) is 12.1 Å². The van der Waals surface area contributed by atoms with Gasteiger partial charge in [0, 0.05) is 4.47 Å². The summed E-state index contributed by atoms with van der Waals surface area (Å²) in [5.41, 5.74) is 0. The summed E-state index contributed by atoms with van der Waals surface area (Å²) in [6.45, 7) is 0.311. The lowest BCUT2D eigenvalue weighted by molar-refractivity contribution is -0.149. The minimum absolute atomic E-state index is 0.189. The minimum atomic E-state index is -0.917. The van der Waals surface area contributed by atoms with Crippen LogP contribution in [0.3, 0.4) is 0 Å². The van der Waals surface area contributed by atoms with E-state index in [4.69, 9.17) is 26.2 Å². The molecule has 1 aliphatic rings. The number of benzene rings is 1. The van der Waals surface area contributed by atoms with Crippen molar-refractivity contribution in [3.8, 4) is 5.75 Å². The molecule has 6 heteroatoms. The molecular weight excluding hydrogens is 323 g/mol. The predicted octanol–water partition coefficient (Wildman–Crippen LogP) is 3.11. The molecule has 0 saturated carbocycles. The maximum absolute atomic E-state index is 10.7. The van der Waals surface area contributed by atoms with Crippen LogP contribution in [-0.4, -0.2) is 29.9 Å². The Morgan fingerprint density at radius 1 is 1.56 bits per heavy atom. The SMILES string of the molecule is O=C(O)C1CCC(COc2ccc(Br)cc2Cl)O1. The van der Waals surface area contributed by atoms with Gasteiger partial charge in [-0.3, -0.25) is 0 Å². The lowest BCUT2D eigenvalue weighted by Gasteiger charge is -2.13. The number of carboxylic acids is 1. The van der Waals surface area contributed by atoms with Crippen molar-refractivity contribution in [2.75, 3.05) is 6.61 Å². The van der Waals surface area contributed by atoms with E-state index in [2.05, 4.69) is 15.9 Å². The van der Waals surface area contributed by atoms with Gasteiger partial charge in [0.15, 0.2) is 6.10 Å². The first-order valence-electron chi connectivity index (χ1n) is 5.52. The second-order valence-corrected chi connectivity index (χ2v) is 5.37. The molecular formula is C12H12BrClO4. The summed E-state index contributed by atoms with van der Waals surface area (Å²) in [7, 11) is 0. The topological polar surface area (TPSA) is 55.8 Å². The first-order valence-corrected chi connectivity index (χ1v) is 6.69. The van der Waals surface area contributed by atoms with E-state index < -0.39 is 12.1 Å². The molecule has 2 rings (SSSR count). The molecule has 1 aromatic carbocycles. The van der Waals surface area contributed by atoms with Crippen molar-refractivity contribution in [2.45, 2.75) is 25.0 Å². The van der Waals surface area contributed by atoms with Gasteiger partial charge in [-0.05, 0) is 31.0 Å². The first kappa shape index (κ1) is 13.6. The molecule has 0 radical (unpaired) electrons. The zero-order valence-corrected chi connectivity index (χ0v) is 11.8. The third kappa shape index (κ3) is 3.37. The second-order valence-electron chi connectivity index (χ2n) is 4.05. The van der Waals surface area contributed by atoms with Crippen molar-refractivity contribution in [1.29, 1.82) is 0 Å². The van der Waals surface area contributed by atoms with Crippen LogP contribution in [0, 0.1) is 0 Å². The molecule has 18 heavy (non-hydrogen) atoms. The summed E-state index contributed by atoms with van der Waals surface area (Å²) in [6, 6.07) is 5.33. The number of ether oxygens (including phenoxy) is 2. The summed E-state index contributed by atoms with van der Waals surface area (Å²) in [5, 5.41) is 9.31. The molecule has 1 fully saturated rings. The van der Waals surface area contributed by atoms with E-state index in [0.717, 1.165) is 4.47 Å². The Hall–Kier alpha value is -0.780. The Bertz CT molecular complexity index is 452. The number of carboxylic acid groups (broad SMARTS) is 1. The lowest BCUT2D eigenvalue weighted by atomic mass is 10.2. The number of rotatable bonds is 4. The number of carbonyl (C=O) groups is 1. The second kappa shape index (κ2) is 5.91. The average Bonchev–Trinajstić information content (AvgIpc) is 2.76. The molecule has 0 aliphatic carbocycles. The number of aliphatic carboxylic acids is 1. The maximum Gasteiger partial charge on any atom is 0.332 e. The van der Waals surface area contributed by atoms with Crippen LogP contribution in [0.15, 0.2) is 22.7 Å². The summed E-state index contributed by atoms with van der Waals surface area (Å²) in [5.74, 6) is -0.346. The molecule has 1 aromatic rings. The molecule has 0 amide bonds. The highest BCUT2D eigenvalue weighted by molar-refractivity contribution is 9.10. The van der Waals surface area contributed by atoms with Gasteiger partial charge in [0.1, 0.15) is 12.4 Å². The van der Waals surface area contributed by atoms with Gasteiger partial charge in [-0.25, -0.2) is 4.79 Å². The summed E-state index contributed by atoms with van der Waals surface area (Å²) in [6.07, 6.45) is 0.313. The molecule has 1 N–H and O–H groups in total. The van der Waals surface area contributed by atoms with E-state index in [1.165, 1.54) is 0 Å².